The van der Waals surface area contributed by atoms with Gasteiger partial charge in [0.25, 0.3) is 0 Å². The van der Waals surface area contributed by atoms with Gasteiger partial charge in [0.2, 0.25) is 5.91 Å². The second-order valence-corrected chi connectivity index (χ2v) is 5.07. The zero-order valence-corrected chi connectivity index (χ0v) is 11.1. The zero-order chi connectivity index (χ0) is 14.0. The van der Waals surface area contributed by atoms with Crippen molar-refractivity contribution in [3.63, 3.8) is 0 Å². The van der Waals surface area contributed by atoms with Crippen LogP contribution in [-0.4, -0.2) is 30.1 Å². The lowest BCUT2D eigenvalue weighted by Crippen LogP contribution is -2.39. The molecule has 2 rings (SSSR count). The first-order valence-electron chi connectivity index (χ1n) is 6.06. The summed E-state index contributed by atoms with van der Waals surface area (Å²) < 4.78 is 0. The van der Waals surface area contributed by atoms with E-state index in [2.05, 4.69) is 0 Å². The molecule has 0 radical (unpaired) electrons. The van der Waals surface area contributed by atoms with E-state index in [9.17, 15) is 14.7 Å². The molecule has 102 valence electrons. The fraction of sp³-hybridized carbons (Fsp3) is 0.385. The van der Waals surface area contributed by atoms with Gasteiger partial charge >= 0.3 is 5.97 Å². The van der Waals surface area contributed by atoms with Gasteiger partial charge in [0.05, 0.1) is 11.3 Å². The number of halogens is 1. The van der Waals surface area contributed by atoms with Gasteiger partial charge in [-0.15, -0.1) is 0 Å². The lowest BCUT2D eigenvalue weighted by atomic mass is 9.95. The molecule has 1 heterocycles. The highest BCUT2D eigenvalue weighted by Gasteiger charge is 2.25. The molecule has 0 spiro atoms. The Morgan fingerprint density at radius 1 is 1.32 bits per heavy atom. The number of benzene rings is 1. The molecule has 0 unspecified atom stereocenters. The summed E-state index contributed by atoms with van der Waals surface area (Å²) in [6, 6.07) is 4.82. The first kappa shape index (κ1) is 13.7. The van der Waals surface area contributed by atoms with Gasteiger partial charge in [-0.25, -0.2) is 4.79 Å². The maximum absolute atomic E-state index is 11.2. The third kappa shape index (κ3) is 2.98. The molecular formula is C13H15ClN2O3. The van der Waals surface area contributed by atoms with Crippen LogP contribution in [-0.2, 0) is 4.79 Å². The minimum atomic E-state index is -1.01. The van der Waals surface area contributed by atoms with Crippen LogP contribution >= 0.6 is 11.6 Å². The Morgan fingerprint density at radius 2 is 1.95 bits per heavy atom. The lowest BCUT2D eigenvalue weighted by Gasteiger charge is -2.33. The van der Waals surface area contributed by atoms with Crippen LogP contribution in [0, 0.1) is 5.92 Å². The first-order valence-corrected chi connectivity index (χ1v) is 6.44. The SMILES string of the molecule is NC(=O)C1CCN(c2ccc(Cl)cc2C(=O)O)CC1. The molecule has 5 nitrogen and oxygen atoms in total. The van der Waals surface area contributed by atoms with Crippen LogP contribution in [0.25, 0.3) is 0 Å². The van der Waals surface area contributed by atoms with Gasteiger partial charge in [0, 0.05) is 24.0 Å². The van der Waals surface area contributed by atoms with E-state index in [0.29, 0.717) is 36.6 Å². The molecule has 1 aliphatic rings. The summed E-state index contributed by atoms with van der Waals surface area (Å²) in [5.41, 5.74) is 6.10. The Labute approximate surface area is 116 Å². The Balaban J connectivity index is 2.20. The number of anilines is 1. The number of aromatic carboxylic acids is 1. The van der Waals surface area contributed by atoms with Crippen LogP contribution in [0.1, 0.15) is 23.2 Å². The van der Waals surface area contributed by atoms with Gasteiger partial charge in [-0.1, -0.05) is 11.6 Å². The summed E-state index contributed by atoms with van der Waals surface area (Å²) in [5, 5.41) is 9.60. The maximum Gasteiger partial charge on any atom is 0.337 e. The lowest BCUT2D eigenvalue weighted by molar-refractivity contribution is -0.122. The molecule has 0 bridgehead atoms. The first-order chi connectivity index (χ1) is 8.99. The molecule has 0 atom stereocenters. The fourth-order valence-corrected chi connectivity index (χ4v) is 2.53. The predicted molar refractivity (Wildman–Crippen MR) is 72.5 cm³/mol. The number of hydrogen-bond donors (Lipinski definition) is 2. The molecule has 0 saturated carbocycles. The summed E-state index contributed by atoms with van der Waals surface area (Å²) in [6.07, 6.45) is 1.30. The highest BCUT2D eigenvalue weighted by molar-refractivity contribution is 6.31. The highest BCUT2D eigenvalue weighted by Crippen LogP contribution is 2.28. The van der Waals surface area contributed by atoms with E-state index in [1.54, 1.807) is 12.1 Å². The Hall–Kier alpha value is -1.75. The van der Waals surface area contributed by atoms with E-state index in [0.717, 1.165) is 0 Å². The number of carbonyl (C=O) groups excluding carboxylic acids is 1. The van der Waals surface area contributed by atoms with Crippen molar-refractivity contribution < 1.29 is 14.7 Å². The van der Waals surface area contributed by atoms with Crippen LogP contribution in [0.4, 0.5) is 5.69 Å². The van der Waals surface area contributed by atoms with Crippen molar-refractivity contribution in [3.05, 3.63) is 28.8 Å². The highest BCUT2D eigenvalue weighted by atomic mass is 35.5. The quantitative estimate of drug-likeness (QED) is 0.884. The van der Waals surface area contributed by atoms with Crippen molar-refractivity contribution in [2.45, 2.75) is 12.8 Å². The van der Waals surface area contributed by atoms with Gasteiger partial charge in [-0.3, -0.25) is 4.79 Å². The largest absolute Gasteiger partial charge is 0.478 e. The van der Waals surface area contributed by atoms with Gasteiger partial charge < -0.3 is 15.7 Å². The van der Waals surface area contributed by atoms with Crippen molar-refractivity contribution in [1.82, 2.24) is 0 Å². The monoisotopic (exact) mass is 282 g/mol. The van der Waals surface area contributed by atoms with Crippen molar-refractivity contribution in [2.24, 2.45) is 11.7 Å². The average molecular weight is 283 g/mol. The number of carboxylic acids is 1. The van der Waals surface area contributed by atoms with E-state index >= 15 is 0 Å². The van der Waals surface area contributed by atoms with Gasteiger partial charge in [-0.2, -0.15) is 0 Å². The van der Waals surface area contributed by atoms with E-state index in [-0.39, 0.29) is 17.4 Å². The van der Waals surface area contributed by atoms with Gasteiger partial charge in [0.15, 0.2) is 0 Å². The van der Waals surface area contributed by atoms with Crippen LogP contribution in [0.2, 0.25) is 5.02 Å². The van der Waals surface area contributed by atoms with Gasteiger partial charge in [0.1, 0.15) is 0 Å². The van der Waals surface area contributed by atoms with Crippen LogP contribution in [0.15, 0.2) is 18.2 Å². The molecule has 19 heavy (non-hydrogen) atoms. The molecule has 1 aromatic rings. The molecule has 1 saturated heterocycles. The number of carboxylic acid groups (broad SMARTS) is 1. The minimum absolute atomic E-state index is 0.114. The van der Waals surface area contributed by atoms with Crippen LogP contribution in [0.5, 0.6) is 0 Å². The normalized spacial score (nSPS) is 16.4. The fourth-order valence-electron chi connectivity index (χ4n) is 2.36. The number of piperidine rings is 1. The van der Waals surface area contributed by atoms with Crippen LogP contribution in [0.3, 0.4) is 0 Å². The third-order valence-corrected chi connectivity index (χ3v) is 3.66. The number of rotatable bonds is 3. The van der Waals surface area contributed by atoms with E-state index in [4.69, 9.17) is 17.3 Å². The molecule has 0 aliphatic carbocycles. The maximum atomic E-state index is 11.2. The topological polar surface area (TPSA) is 83.6 Å². The zero-order valence-electron chi connectivity index (χ0n) is 10.3. The second-order valence-electron chi connectivity index (χ2n) is 4.63. The number of amides is 1. The third-order valence-electron chi connectivity index (χ3n) is 3.43. The average Bonchev–Trinajstić information content (AvgIpc) is 2.38. The van der Waals surface area contributed by atoms with Crippen molar-refractivity contribution in [1.29, 1.82) is 0 Å². The number of primary amides is 1. The second kappa shape index (κ2) is 5.48. The number of carbonyl (C=O) groups is 2. The molecule has 1 fully saturated rings. The Kier molecular flexibility index (Phi) is 3.95. The molecule has 1 amide bonds. The summed E-state index contributed by atoms with van der Waals surface area (Å²) >= 11 is 5.82. The molecule has 1 aliphatic heterocycles. The smallest absolute Gasteiger partial charge is 0.337 e. The number of nitrogens with two attached hydrogens (primary N) is 1. The Morgan fingerprint density at radius 3 is 2.47 bits per heavy atom. The summed E-state index contributed by atoms with van der Waals surface area (Å²) in [4.78, 5) is 24.3. The number of nitrogens with zero attached hydrogens (tertiary/aromatic N) is 1. The summed E-state index contributed by atoms with van der Waals surface area (Å²) in [7, 11) is 0. The van der Waals surface area contributed by atoms with Crippen molar-refractivity contribution in [2.75, 3.05) is 18.0 Å². The predicted octanol–water partition coefficient (Wildman–Crippen LogP) is 1.74. The molecule has 1 aromatic carbocycles. The van der Waals surface area contributed by atoms with Crippen molar-refractivity contribution >= 4 is 29.2 Å². The molecule has 6 heteroatoms. The minimum Gasteiger partial charge on any atom is -0.478 e. The molecular weight excluding hydrogens is 268 g/mol. The van der Waals surface area contributed by atoms with E-state index in [1.807, 2.05) is 4.90 Å². The number of hydrogen-bond acceptors (Lipinski definition) is 3. The molecule has 0 aromatic heterocycles. The summed E-state index contributed by atoms with van der Waals surface area (Å²) in [6.45, 7) is 1.24. The molecule has 3 N–H and O–H groups in total. The van der Waals surface area contributed by atoms with Crippen LogP contribution < -0.4 is 10.6 Å². The standard InChI is InChI=1S/C13H15ClN2O3/c14-9-1-2-11(10(7-9)13(18)19)16-5-3-8(4-6-16)12(15)17/h1-2,7-8H,3-6H2,(H2,15,17)(H,18,19). The summed E-state index contributed by atoms with van der Waals surface area (Å²) in [5.74, 6) is -1.40. The van der Waals surface area contributed by atoms with Gasteiger partial charge in [-0.05, 0) is 31.0 Å². The Bertz CT molecular complexity index is 511. The van der Waals surface area contributed by atoms with Crippen molar-refractivity contribution in [3.8, 4) is 0 Å². The van der Waals surface area contributed by atoms with E-state index in [1.165, 1.54) is 6.07 Å². The van der Waals surface area contributed by atoms with E-state index < -0.39 is 5.97 Å².